The van der Waals surface area contributed by atoms with E-state index in [2.05, 4.69) is 114 Å². The second-order valence-electron chi connectivity index (χ2n) is 26.1. The number of H-pyrrole nitrogens is 2. The Kier molecular flexibility index (Phi) is 14.1. The van der Waals surface area contributed by atoms with Gasteiger partial charge in [0.1, 0.15) is 0 Å². The van der Waals surface area contributed by atoms with Gasteiger partial charge in [-0.1, -0.05) is 132 Å². The maximum atomic E-state index is 14.3. The van der Waals surface area contributed by atoms with Crippen LogP contribution in [0.4, 0.5) is 0 Å². The molecular formula is C64H82N4O8. The average Bonchev–Trinajstić information content (AvgIpc) is 4.21. The molecule has 0 radical (unpaired) electrons. The molecule has 4 aliphatic carbocycles. The molecule has 3 aromatic heterocycles. The van der Waals surface area contributed by atoms with Crippen LogP contribution in [-0.2, 0) is 38.1 Å². The number of aromatic amines is 2. The fourth-order valence-electron chi connectivity index (χ4n) is 14.6. The lowest BCUT2D eigenvalue weighted by molar-refractivity contribution is -0.147. The highest BCUT2D eigenvalue weighted by atomic mass is 16.5. The molecule has 0 saturated heterocycles. The summed E-state index contributed by atoms with van der Waals surface area (Å²) in [7, 11) is 0. The Morgan fingerprint density at radius 2 is 0.553 bits per heavy atom. The van der Waals surface area contributed by atoms with Gasteiger partial charge in [-0.25, -0.2) is 9.97 Å². The van der Waals surface area contributed by atoms with E-state index in [1.807, 2.05) is 0 Å². The van der Waals surface area contributed by atoms with Crippen molar-refractivity contribution in [3.63, 3.8) is 0 Å². The first-order valence-corrected chi connectivity index (χ1v) is 29.3. The molecule has 76 heavy (non-hydrogen) atoms. The van der Waals surface area contributed by atoms with E-state index in [1.54, 1.807) is 0 Å². The molecule has 8 atom stereocenters. The summed E-state index contributed by atoms with van der Waals surface area (Å²) in [6.45, 7) is 18.8. The van der Waals surface area contributed by atoms with Crippen LogP contribution in [-0.4, -0.2) is 70.2 Å². The number of nitrogens with zero attached hydrogens (tertiary/aromatic N) is 2. The number of cyclic esters (lactones) is 4. The van der Waals surface area contributed by atoms with Crippen LogP contribution in [0.5, 0.6) is 0 Å². The minimum Gasteiger partial charge on any atom is -0.465 e. The van der Waals surface area contributed by atoms with Gasteiger partial charge in [0.15, 0.2) is 0 Å². The van der Waals surface area contributed by atoms with Crippen LogP contribution >= 0.6 is 0 Å². The fraction of sp³-hybridized carbons (Fsp3) is 0.625. The maximum Gasteiger partial charge on any atom is 0.310 e. The molecule has 4 saturated carbocycles. The Bertz CT molecular complexity index is 2980. The monoisotopic (exact) mass is 1030 g/mol. The Morgan fingerprint density at radius 1 is 0.329 bits per heavy atom. The summed E-state index contributed by atoms with van der Waals surface area (Å²) in [6, 6.07) is 8.44. The van der Waals surface area contributed by atoms with Gasteiger partial charge in [0.25, 0.3) is 0 Å². The molecule has 12 nitrogen and oxygen atoms in total. The minimum atomic E-state index is -0.453. The zero-order valence-corrected chi connectivity index (χ0v) is 46.5. The first-order chi connectivity index (χ1) is 36.5. The first kappa shape index (κ1) is 52.5. The zero-order valence-electron chi connectivity index (χ0n) is 46.5. The third-order valence-corrected chi connectivity index (χ3v) is 19.5. The molecule has 4 fully saturated rings. The first-order valence-electron chi connectivity index (χ1n) is 29.3. The van der Waals surface area contributed by atoms with E-state index < -0.39 is 39.4 Å². The lowest BCUT2D eigenvalue weighted by Crippen LogP contribution is -2.11. The number of ether oxygens (including phenoxy) is 4. The predicted octanol–water partition coefficient (Wildman–Crippen LogP) is 14.1. The molecule has 8 unspecified atom stereocenters. The van der Waals surface area contributed by atoms with Gasteiger partial charge in [-0.2, -0.15) is 0 Å². The summed E-state index contributed by atoms with van der Waals surface area (Å²) in [5.41, 5.74) is 8.27. The molecule has 2 N–H and O–H groups in total. The lowest BCUT2D eigenvalue weighted by atomic mass is 10.00. The van der Waals surface area contributed by atoms with Crippen LogP contribution in [0, 0.1) is 45.3 Å². The standard InChI is InChI=1S/C64H82N4O8/c1-61(2)49-45-37-25-26-38(65-37)46(50-54(62(50,3)4)58(70)74-34-22-18-14-10-9-13-17-21-33-73-57(69)53(49)61)43-31-32-44(68-43)48-40-28-27-39(66-40)47(42-30-29-41(45)67-42)51-55(63(51,5)6)59(71)75-35-23-19-15-11-12-16-20-24-36-76-60(72)56-52(48)64(56,7)8/h25-32,49-56,65,67H,9-24,33-36H2,1-8H3. The zero-order chi connectivity index (χ0) is 53.3. The van der Waals surface area contributed by atoms with Gasteiger partial charge in [-0.3, -0.25) is 19.2 Å². The second-order valence-corrected chi connectivity index (χ2v) is 26.1. The van der Waals surface area contributed by atoms with Crippen molar-refractivity contribution >= 4 is 70.2 Å². The Hall–Kier alpha value is -5.52. The topological polar surface area (TPSA) is 163 Å². The van der Waals surface area contributed by atoms with E-state index in [0.29, 0.717) is 26.4 Å². The third-order valence-electron chi connectivity index (χ3n) is 19.5. The largest absolute Gasteiger partial charge is 0.465 e. The summed E-state index contributed by atoms with van der Waals surface area (Å²) in [4.78, 5) is 76.1. The van der Waals surface area contributed by atoms with Gasteiger partial charge < -0.3 is 28.9 Å². The van der Waals surface area contributed by atoms with Crippen LogP contribution < -0.4 is 0 Å². The van der Waals surface area contributed by atoms with Crippen LogP contribution in [0.2, 0.25) is 0 Å². The van der Waals surface area contributed by atoms with E-state index in [4.69, 9.17) is 28.9 Å². The SMILES string of the molecule is CC1(C)C2C(=O)OCCCCCCCCCCOC(=O)C3C(c4c5nc(c(c6nc(c7c8ccc([nH]8)c(c8ccc4[nH]8)C4C(C(=O)OCCCCCCCCCCOC(=O)C8C7C8(C)C)C4(C)C)C=C6)C21)C=C5)C3(C)C. The molecule has 0 spiro atoms. The molecule has 0 aromatic carbocycles. The van der Waals surface area contributed by atoms with Gasteiger partial charge in [-0.15, -0.1) is 0 Å². The molecule has 3 aromatic rings. The highest BCUT2D eigenvalue weighted by Crippen LogP contribution is 2.70. The van der Waals surface area contributed by atoms with Crippen molar-refractivity contribution in [2.24, 2.45) is 45.3 Å². The quantitative estimate of drug-likeness (QED) is 0.113. The number of rotatable bonds is 0. The predicted molar refractivity (Wildman–Crippen MR) is 297 cm³/mol. The summed E-state index contributed by atoms with van der Waals surface area (Å²) >= 11 is 0. The minimum absolute atomic E-state index is 0.171. The van der Waals surface area contributed by atoms with Crippen molar-refractivity contribution in [3.05, 3.63) is 69.3 Å². The average molecular weight is 1040 g/mol. The van der Waals surface area contributed by atoms with E-state index in [0.717, 1.165) is 170 Å². The molecule has 7 heterocycles. The number of carbonyl (C=O) groups excluding carboxylic acids is 4. The van der Waals surface area contributed by atoms with Crippen molar-refractivity contribution in [1.29, 1.82) is 0 Å². The summed E-state index contributed by atoms with van der Waals surface area (Å²) in [6.07, 6.45) is 24.5. The summed E-state index contributed by atoms with van der Waals surface area (Å²) in [5.74, 6) is -3.18. The van der Waals surface area contributed by atoms with E-state index in [1.165, 1.54) is 0 Å². The van der Waals surface area contributed by atoms with Gasteiger partial charge in [0.05, 0.1) is 72.9 Å². The van der Waals surface area contributed by atoms with Gasteiger partial charge in [0, 0.05) is 68.0 Å². The number of hydrogen-bond acceptors (Lipinski definition) is 10. The van der Waals surface area contributed by atoms with E-state index in [-0.39, 0.29) is 53.5 Å². The van der Waals surface area contributed by atoms with Crippen molar-refractivity contribution in [1.82, 2.24) is 19.9 Å². The number of carbonyl (C=O) groups is 4. The van der Waals surface area contributed by atoms with Gasteiger partial charge >= 0.3 is 23.9 Å². The molecule has 4 aliphatic heterocycles. The molecular weight excluding hydrogens is 953 g/mol. The van der Waals surface area contributed by atoms with Crippen LogP contribution in [0.1, 0.15) is 227 Å². The van der Waals surface area contributed by atoms with E-state index in [9.17, 15) is 19.2 Å². The summed E-state index contributed by atoms with van der Waals surface area (Å²) < 4.78 is 24.5. The van der Waals surface area contributed by atoms with Gasteiger partial charge in [-0.05, 0) is 95.9 Å². The highest BCUT2D eigenvalue weighted by Gasteiger charge is 2.68. The maximum absolute atomic E-state index is 14.3. The molecule has 0 amide bonds. The van der Waals surface area contributed by atoms with E-state index >= 15 is 0 Å². The van der Waals surface area contributed by atoms with Crippen molar-refractivity contribution in [2.75, 3.05) is 26.4 Å². The molecule has 11 rings (SSSR count). The van der Waals surface area contributed by atoms with Crippen LogP contribution in [0.25, 0.3) is 46.4 Å². The van der Waals surface area contributed by atoms with Crippen LogP contribution in [0.3, 0.4) is 0 Å². The van der Waals surface area contributed by atoms with Crippen molar-refractivity contribution in [2.45, 2.75) is 182 Å². The molecule has 12 bridgehead atoms. The number of nitrogens with one attached hydrogen (secondary N) is 2. The number of aromatic nitrogens is 4. The molecule has 8 aliphatic rings. The fourth-order valence-corrected chi connectivity index (χ4v) is 14.6. The third kappa shape index (κ3) is 9.57. The number of fused-ring (bicyclic) bond motifs is 16. The number of esters is 4. The highest BCUT2D eigenvalue weighted by molar-refractivity contribution is 5.91. The Balaban J connectivity index is 1.14. The Labute approximate surface area is 449 Å². The van der Waals surface area contributed by atoms with Crippen molar-refractivity contribution in [3.8, 4) is 0 Å². The van der Waals surface area contributed by atoms with Crippen molar-refractivity contribution < 1.29 is 38.1 Å². The number of hydrogen-bond donors (Lipinski definition) is 2. The van der Waals surface area contributed by atoms with Gasteiger partial charge in [0.2, 0.25) is 0 Å². The molecule has 406 valence electrons. The van der Waals surface area contributed by atoms with Crippen LogP contribution in [0.15, 0.2) is 24.3 Å². The smallest absolute Gasteiger partial charge is 0.310 e. The normalized spacial score (nSPS) is 30.4. The molecule has 12 heteroatoms. The second kappa shape index (κ2) is 20.4. The summed E-state index contributed by atoms with van der Waals surface area (Å²) in [5, 5.41) is 0. The lowest BCUT2D eigenvalue weighted by Gasteiger charge is -2.08. The Morgan fingerprint density at radius 3 is 0.842 bits per heavy atom.